The fraction of sp³-hybridized carbons (Fsp3) is 0.417. The molecule has 0 bridgehead atoms. The van der Waals surface area contributed by atoms with Crippen molar-refractivity contribution in [1.29, 1.82) is 0 Å². The molecule has 0 spiro atoms. The van der Waals surface area contributed by atoms with E-state index in [0.29, 0.717) is 16.3 Å². The molecule has 1 saturated heterocycles. The van der Waals surface area contributed by atoms with E-state index in [2.05, 4.69) is 0 Å². The number of aryl methyl sites for hydroxylation is 1. The minimum atomic E-state index is -0.805. The third kappa shape index (κ3) is 1.77. The second-order valence-electron chi connectivity index (χ2n) is 4.24. The van der Waals surface area contributed by atoms with Crippen LogP contribution in [0.3, 0.4) is 0 Å². The molecule has 0 aromatic heterocycles. The quantitative estimate of drug-likeness (QED) is 0.888. The first kappa shape index (κ1) is 12.2. The van der Waals surface area contributed by atoms with Crippen molar-refractivity contribution >= 4 is 17.5 Å². The van der Waals surface area contributed by atoms with E-state index in [4.69, 9.17) is 26.8 Å². The Hall–Kier alpha value is -1.26. The van der Waals surface area contributed by atoms with Crippen molar-refractivity contribution in [2.45, 2.75) is 12.3 Å². The first-order chi connectivity index (χ1) is 8.01. The van der Waals surface area contributed by atoms with Crippen LogP contribution in [-0.4, -0.2) is 26.2 Å². The minimum Gasteiger partial charge on any atom is -0.496 e. The lowest BCUT2D eigenvalue weighted by atomic mass is 9.77. The molecule has 1 aliphatic heterocycles. The fourth-order valence-electron chi connectivity index (χ4n) is 2.09. The number of rotatable bonds is 3. The Morgan fingerprint density at radius 1 is 1.53 bits per heavy atom. The largest absolute Gasteiger partial charge is 0.496 e. The summed E-state index contributed by atoms with van der Waals surface area (Å²) in [6.07, 6.45) is 0. The molecule has 4 nitrogen and oxygen atoms in total. The van der Waals surface area contributed by atoms with Gasteiger partial charge in [-0.1, -0.05) is 11.6 Å². The van der Waals surface area contributed by atoms with Crippen molar-refractivity contribution in [3.05, 3.63) is 28.3 Å². The zero-order valence-electron chi connectivity index (χ0n) is 9.75. The second-order valence-corrected chi connectivity index (χ2v) is 4.68. The molecule has 0 unspecified atom stereocenters. The van der Waals surface area contributed by atoms with Gasteiger partial charge >= 0.3 is 0 Å². The molecule has 1 aromatic rings. The smallest absolute Gasteiger partial charge is 0.232 e. The number of hydrogen-bond acceptors (Lipinski definition) is 3. The number of amides is 1. The molecule has 1 amide bonds. The van der Waals surface area contributed by atoms with Crippen LogP contribution < -0.4 is 10.5 Å². The molecule has 1 aromatic carbocycles. The summed E-state index contributed by atoms with van der Waals surface area (Å²) in [6.45, 7) is 2.43. The summed E-state index contributed by atoms with van der Waals surface area (Å²) in [7, 11) is 1.56. The van der Waals surface area contributed by atoms with E-state index in [-0.39, 0.29) is 13.2 Å². The lowest BCUT2D eigenvalue weighted by Gasteiger charge is -2.39. The molecule has 17 heavy (non-hydrogen) atoms. The zero-order chi connectivity index (χ0) is 12.6. The molecular formula is C12H14ClNO3. The molecule has 2 rings (SSSR count). The van der Waals surface area contributed by atoms with Gasteiger partial charge in [0, 0.05) is 10.6 Å². The number of ether oxygens (including phenoxy) is 2. The van der Waals surface area contributed by atoms with Gasteiger partial charge in [-0.15, -0.1) is 0 Å². The van der Waals surface area contributed by atoms with Crippen LogP contribution in [0, 0.1) is 6.92 Å². The Balaban J connectivity index is 2.61. The van der Waals surface area contributed by atoms with Crippen LogP contribution in [0.25, 0.3) is 0 Å². The predicted molar refractivity (Wildman–Crippen MR) is 64.4 cm³/mol. The van der Waals surface area contributed by atoms with Crippen LogP contribution in [0.5, 0.6) is 5.75 Å². The molecule has 0 aliphatic carbocycles. The normalized spacial score (nSPS) is 17.4. The molecule has 92 valence electrons. The molecular weight excluding hydrogens is 242 g/mol. The van der Waals surface area contributed by atoms with Crippen molar-refractivity contribution in [3.63, 3.8) is 0 Å². The van der Waals surface area contributed by atoms with Crippen LogP contribution in [-0.2, 0) is 14.9 Å². The predicted octanol–water partition coefficient (Wildman–Crippen LogP) is 1.41. The summed E-state index contributed by atoms with van der Waals surface area (Å²) in [5.41, 5.74) is 6.26. The number of nitrogens with two attached hydrogens (primary N) is 1. The minimum absolute atomic E-state index is 0.276. The van der Waals surface area contributed by atoms with Gasteiger partial charge in [-0.3, -0.25) is 4.79 Å². The lowest BCUT2D eigenvalue weighted by molar-refractivity contribution is -0.141. The van der Waals surface area contributed by atoms with Gasteiger partial charge in [-0.05, 0) is 24.6 Å². The zero-order valence-corrected chi connectivity index (χ0v) is 10.5. The molecule has 0 saturated carbocycles. The summed E-state index contributed by atoms with van der Waals surface area (Å²) in [6, 6.07) is 3.51. The SMILES string of the molecule is COc1c(C)cc(Cl)cc1C1(C(N)=O)COC1. The highest BCUT2D eigenvalue weighted by atomic mass is 35.5. The van der Waals surface area contributed by atoms with Crippen molar-refractivity contribution in [2.75, 3.05) is 20.3 Å². The van der Waals surface area contributed by atoms with Crippen LogP contribution >= 0.6 is 11.6 Å². The van der Waals surface area contributed by atoms with Gasteiger partial charge in [0.25, 0.3) is 0 Å². The summed E-state index contributed by atoms with van der Waals surface area (Å²) >= 11 is 6.02. The van der Waals surface area contributed by atoms with Gasteiger partial charge in [0.15, 0.2) is 0 Å². The Kier molecular flexibility index (Phi) is 3.02. The van der Waals surface area contributed by atoms with E-state index in [9.17, 15) is 4.79 Å². The van der Waals surface area contributed by atoms with Gasteiger partial charge < -0.3 is 15.2 Å². The molecule has 0 atom stereocenters. The Morgan fingerprint density at radius 2 is 2.18 bits per heavy atom. The standard InChI is InChI=1S/C12H14ClNO3/c1-7-3-8(13)4-9(10(7)16-2)12(11(14)15)5-17-6-12/h3-4H,5-6H2,1-2H3,(H2,14,15). The van der Waals surface area contributed by atoms with Crippen LogP contribution in [0.15, 0.2) is 12.1 Å². The number of carbonyl (C=O) groups is 1. The van der Waals surface area contributed by atoms with Crippen molar-refractivity contribution in [2.24, 2.45) is 5.73 Å². The summed E-state index contributed by atoms with van der Waals surface area (Å²) in [5, 5.41) is 0.561. The maximum atomic E-state index is 11.6. The van der Waals surface area contributed by atoms with Crippen molar-refractivity contribution in [3.8, 4) is 5.75 Å². The summed E-state index contributed by atoms with van der Waals surface area (Å²) < 4.78 is 10.5. The molecule has 5 heteroatoms. The van der Waals surface area contributed by atoms with E-state index in [0.717, 1.165) is 5.56 Å². The monoisotopic (exact) mass is 255 g/mol. The van der Waals surface area contributed by atoms with Gasteiger partial charge in [-0.2, -0.15) is 0 Å². The Morgan fingerprint density at radius 3 is 2.59 bits per heavy atom. The Bertz CT molecular complexity index is 469. The Labute approximate surface area is 105 Å². The lowest BCUT2D eigenvalue weighted by Crippen LogP contribution is -2.56. The van der Waals surface area contributed by atoms with Crippen LogP contribution in [0.4, 0.5) is 0 Å². The van der Waals surface area contributed by atoms with Gasteiger partial charge in [0.2, 0.25) is 5.91 Å². The molecule has 1 heterocycles. The van der Waals surface area contributed by atoms with E-state index in [1.54, 1.807) is 19.2 Å². The summed E-state index contributed by atoms with van der Waals surface area (Å²) in [4.78, 5) is 11.6. The average Bonchev–Trinajstić information content (AvgIpc) is 2.14. The number of halogens is 1. The van der Waals surface area contributed by atoms with Gasteiger partial charge in [-0.25, -0.2) is 0 Å². The maximum absolute atomic E-state index is 11.6. The molecule has 1 fully saturated rings. The third-order valence-corrected chi connectivity index (χ3v) is 3.35. The number of carbonyl (C=O) groups excluding carboxylic acids is 1. The van der Waals surface area contributed by atoms with E-state index in [1.165, 1.54) is 0 Å². The van der Waals surface area contributed by atoms with Crippen LogP contribution in [0.1, 0.15) is 11.1 Å². The van der Waals surface area contributed by atoms with Crippen molar-refractivity contribution in [1.82, 2.24) is 0 Å². The highest BCUT2D eigenvalue weighted by molar-refractivity contribution is 6.30. The van der Waals surface area contributed by atoms with E-state index < -0.39 is 11.3 Å². The molecule has 2 N–H and O–H groups in total. The van der Waals surface area contributed by atoms with Crippen molar-refractivity contribution < 1.29 is 14.3 Å². The maximum Gasteiger partial charge on any atom is 0.232 e. The fourth-order valence-corrected chi connectivity index (χ4v) is 2.37. The second kappa shape index (κ2) is 4.20. The first-order valence-corrected chi connectivity index (χ1v) is 5.61. The van der Waals surface area contributed by atoms with Crippen LogP contribution in [0.2, 0.25) is 5.02 Å². The van der Waals surface area contributed by atoms with E-state index >= 15 is 0 Å². The highest BCUT2D eigenvalue weighted by Crippen LogP contribution is 2.41. The number of methoxy groups -OCH3 is 1. The first-order valence-electron chi connectivity index (χ1n) is 5.23. The topological polar surface area (TPSA) is 61.5 Å². The average molecular weight is 256 g/mol. The number of primary amides is 1. The number of hydrogen-bond donors (Lipinski definition) is 1. The molecule has 0 radical (unpaired) electrons. The third-order valence-electron chi connectivity index (χ3n) is 3.13. The highest BCUT2D eigenvalue weighted by Gasteiger charge is 2.48. The van der Waals surface area contributed by atoms with E-state index in [1.807, 2.05) is 6.92 Å². The summed E-state index contributed by atoms with van der Waals surface area (Å²) in [5.74, 6) is 0.236. The van der Waals surface area contributed by atoms with Gasteiger partial charge in [0.1, 0.15) is 11.2 Å². The van der Waals surface area contributed by atoms with Gasteiger partial charge in [0.05, 0.1) is 20.3 Å². The number of benzene rings is 1. The molecule has 1 aliphatic rings.